The van der Waals surface area contributed by atoms with Crippen molar-refractivity contribution in [2.45, 2.75) is 52.8 Å². The number of nitrogens with zero attached hydrogens (tertiary/aromatic N) is 3. The van der Waals surface area contributed by atoms with Crippen molar-refractivity contribution in [2.75, 3.05) is 0 Å². The first kappa shape index (κ1) is 20.6. The van der Waals surface area contributed by atoms with Crippen LogP contribution in [0.2, 0.25) is 0 Å². The van der Waals surface area contributed by atoms with Gasteiger partial charge in [-0.05, 0) is 58.9 Å². The normalized spacial score (nSPS) is 11.5. The molecule has 29 heavy (non-hydrogen) atoms. The van der Waals surface area contributed by atoms with E-state index in [9.17, 15) is 4.79 Å². The zero-order valence-electron chi connectivity index (χ0n) is 17.5. The number of hydrogen-bond acceptors (Lipinski definition) is 5. The summed E-state index contributed by atoms with van der Waals surface area (Å²) in [5, 5.41) is 4.05. The lowest BCUT2D eigenvalue weighted by molar-refractivity contribution is 0.0526. The second-order valence-electron chi connectivity index (χ2n) is 8.13. The summed E-state index contributed by atoms with van der Waals surface area (Å²) in [6.45, 7) is 10.1. The van der Waals surface area contributed by atoms with Crippen molar-refractivity contribution in [1.29, 1.82) is 0 Å². The molecule has 0 atom stereocenters. The molecule has 6 heteroatoms. The predicted molar refractivity (Wildman–Crippen MR) is 112 cm³/mol. The van der Waals surface area contributed by atoms with E-state index in [1.807, 2.05) is 77.1 Å². The minimum atomic E-state index is -0.425. The van der Waals surface area contributed by atoms with E-state index in [4.69, 9.17) is 9.26 Å². The van der Waals surface area contributed by atoms with Crippen LogP contribution in [-0.4, -0.2) is 32.6 Å². The summed E-state index contributed by atoms with van der Waals surface area (Å²) in [5.41, 5.74) is 1.03. The van der Waals surface area contributed by atoms with E-state index in [0.29, 0.717) is 17.3 Å². The van der Waals surface area contributed by atoms with Crippen molar-refractivity contribution in [3.8, 4) is 17.1 Å². The van der Waals surface area contributed by atoms with Gasteiger partial charge in [0.1, 0.15) is 12.3 Å². The molecule has 3 rings (SSSR count). The van der Waals surface area contributed by atoms with Gasteiger partial charge >= 0.3 is 0 Å². The van der Waals surface area contributed by atoms with Crippen LogP contribution in [-0.2, 0) is 6.54 Å². The number of rotatable bonds is 6. The van der Waals surface area contributed by atoms with Crippen LogP contribution in [0, 0.1) is 0 Å². The molecular formula is C23H27N3O3. The Morgan fingerprint density at radius 2 is 1.72 bits per heavy atom. The van der Waals surface area contributed by atoms with Crippen LogP contribution in [0.1, 0.15) is 50.9 Å². The standard InChI is InChI=1S/C23H27N3O3/c1-16(2)28-19-13-11-18(12-14-19)22(27)26(23(3,4)5)15-20-24-21(25-29-20)17-9-7-6-8-10-17/h6-14,16H,15H2,1-5H3. The van der Waals surface area contributed by atoms with Gasteiger partial charge in [0.25, 0.3) is 5.91 Å². The molecule has 1 amide bonds. The number of benzene rings is 2. The maximum Gasteiger partial charge on any atom is 0.254 e. The average Bonchev–Trinajstić information content (AvgIpc) is 3.14. The molecule has 6 nitrogen and oxygen atoms in total. The minimum Gasteiger partial charge on any atom is -0.491 e. The van der Waals surface area contributed by atoms with E-state index in [2.05, 4.69) is 10.1 Å². The van der Waals surface area contributed by atoms with Crippen LogP contribution in [0.25, 0.3) is 11.4 Å². The van der Waals surface area contributed by atoms with Crippen LogP contribution >= 0.6 is 0 Å². The van der Waals surface area contributed by atoms with E-state index in [1.54, 1.807) is 17.0 Å². The average molecular weight is 393 g/mol. The third kappa shape index (κ3) is 5.22. The number of amides is 1. The fourth-order valence-corrected chi connectivity index (χ4v) is 2.88. The molecule has 0 spiro atoms. The quantitative estimate of drug-likeness (QED) is 0.592. The summed E-state index contributed by atoms with van der Waals surface area (Å²) < 4.78 is 11.1. The highest BCUT2D eigenvalue weighted by Gasteiger charge is 2.29. The molecule has 0 aliphatic rings. The van der Waals surface area contributed by atoms with E-state index in [1.165, 1.54) is 0 Å². The van der Waals surface area contributed by atoms with Crippen molar-refractivity contribution < 1.29 is 14.1 Å². The number of ether oxygens (including phenoxy) is 1. The minimum absolute atomic E-state index is 0.0824. The van der Waals surface area contributed by atoms with Crippen LogP contribution < -0.4 is 4.74 Å². The first-order valence-corrected chi connectivity index (χ1v) is 9.71. The van der Waals surface area contributed by atoms with E-state index >= 15 is 0 Å². The van der Waals surface area contributed by atoms with Crippen LogP contribution in [0.15, 0.2) is 59.1 Å². The molecule has 0 aliphatic carbocycles. The topological polar surface area (TPSA) is 68.5 Å². The van der Waals surface area contributed by atoms with E-state index in [0.717, 1.165) is 11.3 Å². The summed E-state index contributed by atoms with van der Waals surface area (Å²) in [7, 11) is 0. The molecular weight excluding hydrogens is 366 g/mol. The zero-order valence-corrected chi connectivity index (χ0v) is 17.5. The molecule has 0 aliphatic heterocycles. The first-order chi connectivity index (χ1) is 13.7. The van der Waals surface area contributed by atoms with Gasteiger partial charge in [0.05, 0.1) is 6.10 Å². The third-order valence-corrected chi connectivity index (χ3v) is 4.32. The van der Waals surface area contributed by atoms with Gasteiger partial charge in [-0.3, -0.25) is 4.79 Å². The Morgan fingerprint density at radius 3 is 2.31 bits per heavy atom. The predicted octanol–water partition coefficient (Wildman–Crippen LogP) is 4.96. The van der Waals surface area contributed by atoms with Gasteiger partial charge in [0.15, 0.2) is 0 Å². The maximum absolute atomic E-state index is 13.2. The molecule has 0 saturated heterocycles. The Morgan fingerprint density at radius 1 is 1.07 bits per heavy atom. The van der Waals surface area contributed by atoms with Gasteiger partial charge in [0, 0.05) is 16.7 Å². The van der Waals surface area contributed by atoms with E-state index in [-0.39, 0.29) is 18.6 Å². The first-order valence-electron chi connectivity index (χ1n) is 9.71. The summed E-state index contributed by atoms with van der Waals surface area (Å²) in [6.07, 6.45) is 0.0824. The number of carbonyl (C=O) groups excluding carboxylic acids is 1. The third-order valence-electron chi connectivity index (χ3n) is 4.32. The van der Waals surface area contributed by atoms with Crippen LogP contribution in [0.5, 0.6) is 5.75 Å². The highest BCUT2D eigenvalue weighted by Crippen LogP contribution is 2.23. The lowest BCUT2D eigenvalue weighted by Gasteiger charge is -2.34. The molecule has 3 aromatic rings. The van der Waals surface area contributed by atoms with Gasteiger partial charge in [-0.25, -0.2) is 0 Å². The lowest BCUT2D eigenvalue weighted by atomic mass is 10.0. The number of carbonyl (C=O) groups is 1. The summed E-state index contributed by atoms with van der Waals surface area (Å²) >= 11 is 0. The van der Waals surface area contributed by atoms with Crippen molar-refractivity contribution in [1.82, 2.24) is 15.0 Å². The SMILES string of the molecule is CC(C)Oc1ccc(C(=O)N(Cc2nc(-c3ccccc3)no2)C(C)(C)C)cc1. The van der Waals surface area contributed by atoms with Gasteiger partial charge in [0.2, 0.25) is 11.7 Å². The van der Waals surface area contributed by atoms with Crippen molar-refractivity contribution in [3.05, 3.63) is 66.1 Å². The molecule has 1 aromatic heterocycles. The van der Waals surface area contributed by atoms with Crippen LogP contribution in [0.3, 0.4) is 0 Å². The fourth-order valence-electron chi connectivity index (χ4n) is 2.88. The molecule has 2 aromatic carbocycles. The molecule has 1 heterocycles. The monoisotopic (exact) mass is 393 g/mol. The Hall–Kier alpha value is -3.15. The van der Waals surface area contributed by atoms with Gasteiger partial charge in [-0.1, -0.05) is 35.5 Å². The Kier molecular flexibility index (Phi) is 6.01. The Labute approximate surface area is 171 Å². The molecule has 0 N–H and O–H groups in total. The largest absolute Gasteiger partial charge is 0.491 e. The molecule has 0 fully saturated rings. The van der Waals surface area contributed by atoms with Gasteiger partial charge in [-0.2, -0.15) is 4.98 Å². The Balaban J connectivity index is 1.80. The smallest absolute Gasteiger partial charge is 0.254 e. The van der Waals surface area contributed by atoms with Crippen LogP contribution in [0.4, 0.5) is 0 Å². The summed E-state index contributed by atoms with van der Waals surface area (Å²) in [5.74, 6) is 1.54. The fraction of sp³-hybridized carbons (Fsp3) is 0.348. The second kappa shape index (κ2) is 8.47. The number of hydrogen-bond donors (Lipinski definition) is 0. The second-order valence-corrected chi connectivity index (χ2v) is 8.13. The Bertz CT molecular complexity index is 942. The zero-order chi connectivity index (χ0) is 21.0. The maximum atomic E-state index is 13.2. The highest BCUT2D eigenvalue weighted by atomic mass is 16.5. The molecule has 0 saturated carbocycles. The van der Waals surface area contributed by atoms with Gasteiger partial charge < -0.3 is 14.2 Å². The van der Waals surface area contributed by atoms with E-state index < -0.39 is 5.54 Å². The molecule has 0 unspecified atom stereocenters. The van der Waals surface area contributed by atoms with Crippen molar-refractivity contribution in [3.63, 3.8) is 0 Å². The van der Waals surface area contributed by atoms with Crippen molar-refractivity contribution >= 4 is 5.91 Å². The van der Waals surface area contributed by atoms with Gasteiger partial charge in [-0.15, -0.1) is 0 Å². The lowest BCUT2D eigenvalue weighted by Crippen LogP contribution is -2.45. The molecule has 0 radical (unpaired) electrons. The van der Waals surface area contributed by atoms with Crippen molar-refractivity contribution in [2.24, 2.45) is 0 Å². The molecule has 152 valence electrons. The summed E-state index contributed by atoms with van der Waals surface area (Å²) in [4.78, 5) is 19.4. The highest BCUT2D eigenvalue weighted by molar-refractivity contribution is 5.94. The summed E-state index contributed by atoms with van der Waals surface area (Å²) in [6, 6.07) is 16.8. The molecule has 0 bridgehead atoms. The number of aromatic nitrogens is 2.